The summed E-state index contributed by atoms with van der Waals surface area (Å²) in [6, 6.07) is 0. The number of hydrogen-bond acceptors (Lipinski definition) is 9. The van der Waals surface area contributed by atoms with E-state index in [9.17, 15) is 24.0 Å². The average molecular weight is 491 g/mol. The van der Waals surface area contributed by atoms with Gasteiger partial charge in [-0.15, -0.1) is 0 Å². The summed E-state index contributed by atoms with van der Waals surface area (Å²) in [6.07, 6.45) is 2.31. The van der Waals surface area contributed by atoms with Gasteiger partial charge in [0.05, 0.1) is 0 Å². The Balaban J connectivity index is 2.03. The minimum Gasteiger partial charge on any atom is -0.465 e. The van der Waals surface area contributed by atoms with Gasteiger partial charge < -0.3 is 18.9 Å². The van der Waals surface area contributed by atoms with Crippen molar-refractivity contribution in [3.8, 4) is 0 Å². The first-order valence-electron chi connectivity index (χ1n) is 11.8. The molecule has 0 heterocycles. The molecule has 0 amide bonds. The van der Waals surface area contributed by atoms with E-state index in [4.69, 9.17) is 18.9 Å². The highest BCUT2D eigenvalue weighted by molar-refractivity contribution is 5.97. The monoisotopic (exact) mass is 490 g/mol. The Kier molecular flexibility index (Phi) is 7.87. The molecular formula is C26H34O9. The number of ketones is 1. The van der Waals surface area contributed by atoms with Crippen molar-refractivity contribution in [1.82, 2.24) is 0 Å². The van der Waals surface area contributed by atoms with E-state index in [0.717, 1.165) is 16.7 Å². The SMILES string of the molecule is CC(=O)OCC1(COC(C)=O)CC2=C(C)C(=O)CC3CC(COC(C)=O)(COC(C)=O)CC3=C2C1. The Morgan fingerprint density at radius 2 is 1.14 bits per heavy atom. The molecule has 0 radical (unpaired) electrons. The van der Waals surface area contributed by atoms with Crippen LogP contribution in [0, 0.1) is 16.7 Å². The van der Waals surface area contributed by atoms with E-state index in [1.165, 1.54) is 27.7 Å². The maximum Gasteiger partial charge on any atom is 0.302 e. The lowest BCUT2D eigenvalue weighted by Gasteiger charge is -2.28. The van der Waals surface area contributed by atoms with Crippen LogP contribution >= 0.6 is 0 Å². The predicted octanol–water partition coefficient (Wildman–Crippen LogP) is 3.00. The lowest BCUT2D eigenvalue weighted by atomic mass is 9.85. The molecule has 0 aromatic carbocycles. The van der Waals surface area contributed by atoms with Crippen molar-refractivity contribution in [2.45, 2.75) is 66.7 Å². The first-order chi connectivity index (χ1) is 16.4. The summed E-state index contributed by atoms with van der Waals surface area (Å²) in [5, 5.41) is 0. The van der Waals surface area contributed by atoms with Crippen LogP contribution in [-0.4, -0.2) is 56.1 Å². The fraction of sp³-hybridized carbons (Fsp3) is 0.654. The van der Waals surface area contributed by atoms with Gasteiger partial charge in [0, 0.05) is 44.9 Å². The minimum absolute atomic E-state index is 0.0315. The van der Waals surface area contributed by atoms with Gasteiger partial charge in [-0.1, -0.05) is 5.57 Å². The third-order valence-electron chi connectivity index (χ3n) is 7.22. The van der Waals surface area contributed by atoms with Crippen molar-refractivity contribution < 1.29 is 42.9 Å². The Hall–Kier alpha value is -2.97. The Bertz CT molecular complexity index is 964. The van der Waals surface area contributed by atoms with Crippen LogP contribution in [0.15, 0.2) is 22.3 Å². The van der Waals surface area contributed by atoms with Crippen molar-refractivity contribution in [1.29, 1.82) is 0 Å². The number of Topliss-reactive ketones (excluding diaryl/α,β-unsaturated/α-hetero) is 1. The second-order valence-corrected chi connectivity index (χ2v) is 10.3. The highest BCUT2D eigenvalue weighted by atomic mass is 16.6. The lowest BCUT2D eigenvalue weighted by Crippen LogP contribution is -2.32. The van der Waals surface area contributed by atoms with E-state index in [2.05, 4.69) is 0 Å². The largest absolute Gasteiger partial charge is 0.465 e. The fourth-order valence-corrected chi connectivity index (χ4v) is 5.58. The van der Waals surface area contributed by atoms with E-state index < -0.39 is 34.7 Å². The van der Waals surface area contributed by atoms with E-state index in [-0.39, 0.29) is 38.1 Å². The molecule has 0 N–H and O–H groups in total. The van der Waals surface area contributed by atoms with Crippen LogP contribution in [0.3, 0.4) is 0 Å². The quantitative estimate of drug-likeness (QED) is 0.373. The molecule has 9 heteroatoms. The van der Waals surface area contributed by atoms with E-state index in [0.29, 0.717) is 37.7 Å². The molecule has 3 aliphatic carbocycles. The number of allylic oxidation sites excluding steroid dienone is 4. The standard InChI is InChI=1S/C26H34O9/c1-15-21-8-26(13-34-18(4)29,14-35-19(5)30)10-23(21)22-9-25(11-32-16(2)27,12-33-17(3)28)7-20(22)6-24(15)31/h20H,6-14H2,1-5H3. The molecule has 192 valence electrons. The summed E-state index contributed by atoms with van der Waals surface area (Å²) in [7, 11) is 0. The van der Waals surface area contributed by atoms with Gasteiger partial charge in [0.25, 0.3) is 0 Å². The van der Waals surface area contributed by atoms with Crippen LogP contribution in [0.4, 0.5) is 0 Å². The fourth-order valence-electron chi connectivity index (χ4n) is 5.58. The number of carbonyl (C=O) groups excluding carboxylic acids is 5. The topological polar surface area (TPSA) is 122 Å². The second kappa shape index (κ2) is 10.3. The molecule has 0 spiro atoms. The predicted molar refractivity (Wildman–Crippen MR) is 123 cm³/mol. The van der Waals surface area contributed by atoms with Crippen LogP contribution in [-0.2, 0) is 42.9 Å². The number of rotatable bonds is 8. The van der Waals surface area contributed by atoms with Crippen LogP contribution < -0.4 is 0 Å². The summed E-state index contributed by atoms with van der Waals surface area (Å²) in [6.45, 7) is 7.43. The number of fused-ring (bicyclic) bond motifs is 2. The molecule has 0 aromatic heterocycles. The molecule has 1 unspecified atom stereocenters. The first kappa shape index (κ1) is 26.6. The maximum atomic E-state index is 13.2. The zero-order chi connectivity index (χ0) is 26.0. The molecule has 0 aliphatic heterocycles. The van der Waals surface area contributed by atoms with Gasteiger partial charge >= 0.3 is 23.9 Å². The summed E-state index contributed by atoms with van der Waals surface area (Å²) in [5.41, 5.74) is 2.39. The molecule has 0 aromatic rings. The van der Waals surface area contributed by atoms with Gasteiger partial charge in [-0.3, -0.25) is 24.0 Å². The van der Waals surface area contributed by atoms with Crippen molar-refractivity contribution >= 4 is 29.7 Å². The van der Waals surface area contributed by atoms with E-state index >= 15 is 0 Å². The van der Waals surface area contributed by atoms with Gasteiger partial charge in [-0.25, -0.2) is 0 Å². The Labute approximate surface area is 205 Å². The molecule has 2 saturated carbocycles. The highest BCUT2D eigenvalue weighted by Gasteiger charge is 2.51. The van der Waals surface area contributed by atoms with Gasteiger partial charge in [0.15, 0.2) is 5.78 Å². The average Bonchev–Trinajstić information content (AvgIpc) is 3.30. The van der Waals surface area contributed by atoms with Gasteiger partial charge in [-0.2, -0.15) is 0 Å². The summed E-state index contributed by atoms with van der Waals surface area (Å²) in [5.74, 6) is -1.77. The Morgan fingerprint density at radius 3 is 1.60 bits per heavy atom. The Morgan fingerprint density at radius 1 is 0.714 bits per heavy atom. The van der Waals surface area contributed by atoms with Crippen LogP contribution in [0.2, 0.25) is 0 Å². The minimum atomic E-state index is -0.671. The van der Waals surface area contributed by atoms with E-state index in [1.54, 1.807) is 0 Å². The second-order valence-electron chi connectivity index (χ2n) is 10.3. The molecule has 9 nitrogen and oxygen atoms in total. The van der Waals surface area contributed by atoms with Crippen LogP contribution in [0.5, 0.6) is 0 Å². The molecule has 35 heavy (non-hydrogen) atoms. The van der Waals surface area contributed by atoms with Crippen molar-refractivity contribution in [2.75, 3.05) is 26.4 Å². The molecule has 0 saturated heterocycles. The summed E-state index contributed by atoms with van der Waals surface area (Å²) < 4.78 is 21.5. The lowest BCUT2D eigenvalue weighted by molar-refractivity contribution is -0.152. The third-order valence-corrected chi connectivity index (χ3v) is 7.22. The molecular weight excluding hydrogens is 456 g/mol. The highest BCUT2D eigenvalue weighted by Crippen LogP contribution is 2.57. The molecule has 3 aliphatic rings. The number of hydrogen-bond donors (Lipinski definition) is 0. The molecule has 2 fully saturated rings. The van der Waals surface area contributed by atoms with Gasteiger partial charge in [0.2, 0.25) is 0 Å². The molecule has 3 rings (SSSR count). The van der Waals surface area contributed by atoms with Crippen molar-refractivity contribution in [3.63, 3.8) is 0 Å². The van der Waals surface area contributed by atoms with Crippen LogP contribution in [0.1, 0.15) is 66.7 Å². The summed E-state index contributed by atoms with van der Waals surface area (Å²) in [4.78, 5) is 59.5. The number of carbonyl (C=O) groups is 5. The van der Waals surface area contributed by atoms with Crippen molar-refractivity contribution in [2.24, 2.45) is 16.7 Å². The number of esters is 4. The smallest absolute Gasteiger partial charge is 0.302 e. The van der Waals surface area contributed by atoms with Gasteiger partial charge in [0.1, 0.15) is 26.4 Å². The summed E-state index contributed by atoms with van der Waals surface area (Å²) >= 11 is 0. The van der Waals surface area contributed by atoms with Crippen molar-refractivity contribution in [3.05, 3.63) is 22.3 Å². The third kappa shape index (κ3) is 6.18. The van der Waals surface area contributed by atoms with E-state index in [1.807, 2.05) is 6.92 Å². The molecule has 1 atom stereocenters. The number of ether oxygens (including phenoxy) is 4. The normalized spacial score (nSPS) is 22.2. The molecule has 0 bridgehead atoms. The first-order valence-corrected chi connectivity index (χ1v) is 11.8. The maximum absolute atomic E-state index is 13.2. The van der Waals surface area contributed by atoms with Gasteiger partial charge in [-0.05, 0) is 55.2 Å². The zero-order valence-electron chi connectivity index (χ0n) is 21.1. The van der Waals surface area contributed by atoms with Crippen LogP contribution in [0.25, 0.3) is 0 Å². The zero-order valence-corrected chi connectivity index (χ0v) is 21.1.